The van der Waals surface area contributed by atoms with E-state index in [9.17, 15) is 32.5 Å². The maximum atomic E-state index is 12.8. The number of ether oxygens (including phenoxy) is 1. The van der Waals surface area contributed by atoms with Crippen molar-refractivity contribution < 1.29 is 32.0 Å². The second-order valence-electron chi connectivity index (χ2n) is 5.81. The van der Waals surface area contributed by atoms with E-state index in [1.807, 2.05) is 0 Å². The summed E-state index contributed by atoms with van der Waals surface area (Å²) in [5.74, 6) is -4.89. The fourth-order valence-corrected chi connectivity index (χ4v) is 2.12. The number of rotatable bonds is 9. The monoisotopic (exact) mass is 413 g/mol. The molecule has 1 amide bonds. The van der Waals surface area contributed by atoms with Crippen LogP contribution in [0.2, 0.25) is 0 Å². The number of hydrogen-bond donors (Lipinski definition) is 1. The minimum Gasteiger partial charge on any atom is -0.370 e. The van der Waals surface area contributed by atoms with Crippen LogP contribution in [0.3, 0.4) is 0 Å². The third-order valence-electron chi connectivity index (χ3n) is 3.53. The molecule has 0 saturated carbocycles. The van der Waals surface area contributed by atoms with Crippen LogP contribution in [0.1, 0.15) is 21.5 Å². The first-order valence-electron chi connectivity index (χ1n) is 8.09. The Bertz CT molecular complexity index is 906. The topological polar surface area (TPSA) is 93.8 Å². The molecule has 0 spiro atoms. The predicted octanol–water partition coefficient (Wildman–Crippen LogP) is 3.78. The molecule has 11 heteroatoms. The Morgan fingerprint density at radius 1 is 1.24 bits per heavy atom. The van der Waals surface area contributed by atoms with Crippen molar-refractivity contribution in [1.29, 1.82) is 0 Å². The van der Waals surface area contributed by atoms with Crippen molar-refractivity contribution in [2.45, 2.75) is 19.0 Å². The number of hydrogen-bond acceptors (Lipinski definition) is 5. The molecule has 1 N–H and O–H groups in total. The molecule has 0 saturated heterocycles. The molecular formula is C18H15F4N3O4. The number of nitrogens with one attached hydrogen (secondary N) is 1. The number of carbonyl (C=O) groups is 1. The zero-order chi connectivity index (χ0) is 21.4. The maximum absolute atomic E-state index is 12.8. The lowest BCUT2D eigenvalue weighted by molar-refractivity contribution is -0.384. The second kappa shape index (κ2) is 9.73. The van der Waals surface area contributed by atoms with Gasteiger partial charge in [0, 0.05) is 23.3 Å². The normalized spacial score (nSPS) is 11.8. The van der Waals surface area contributed by atoms with E-state index in [4.69, 9.17) is 0 Å². The van der Waals surface area contributed by atoms with Crippen molar-refractivity contribution in [3.63, 3.8) is 0 Å². The fraction of sp³-hybridized carbons (Fsp3) is 0.222. The molecule has 0 aliphatic carbocycles. The highest BCUT2D eigenvalue weighted by molar-refractivity contribution is 5.95. The Morgan fingerprint density at radius 3 is 2.66 bits per heavy atom. The molecule has 0 atom stereocenters. The number of carbonyl (C=O) groups excluding carboxylic acids is 1. The van der Waals surface area contributed by atoms with Crippen molar-refractivity contribution in [2.24, 2.45) is 5.10 Å². The number of benzene rings is 2. The molecule has 0 bridgehead atoms. The highest BCUT2D eigenvalue weighted by atomic mass is 19.3. The Labute approximate surface area is 162 Å². The van der Waals surface area contributed by atoms with Crippen molar-refractivity contribution in [1.82, 2.24) is 5.43 Å². The van der Waals surface area contributed by atoms with Crippen LogP contribution in [0.4, 0.5) is 23.2 Å². The van der Waals surface area contributed by atoms with Gasteiger partial charge in [0.2, 0.25) is 0 Å². The summed E-state index contributed by atoms with van der Waals surface area (Å²) in [6.45, 7) is -1.84. The van der Waals surface area contributed by atoms with Gasteiger partial charge in [-0.3, -0.25) is 14.9 Å². The van der Waals surface area contributed by atoms with Crippen LogP contribution in [-0.4, -0.2) is 36.0 Å². The van der Waals surface area contributed by atoms with Gasteiger partial charge in [-0.1, -0.05) is 24.3 Å². The molecule has 0 unspecified atom stereocenters. The minimum atomic E-state index is -4.25. The van der Waals surface area contributed by atoms with Gasteiger partial charge in [0.05, 0.1) is 17.7 Å². The van der Waals surface area contributed by atoms with E-state index in [1.54, 1.807) is 6.07 Å². The van der Waals surface area contributed by atoms with Crippen LogP contribution >= 0.6 is 0 Å². The van der Waals surface area contributed by atoms with Gasteiger partial charge in [-0.05, 0) is 17.7 Å². The van der Waals surface area contributed by atoms with Crippen molar-refractivity contribution in [3.8, 4) is 0 Å². The van der Waals surface area contributed by atoms with E-state index in [0.717, 1.165) is 0 Å². The van der Waals surface area contributed by atoms with E-state index in [2.05, 4.69) is 15.3 Å². The second-order valence-corrected chi connectivity index (χ2v) is 5.81. The lowest BCUT2D eigenvalue weighted by Gasteiger charge is -2.15. The highest BCUT2D eigenvalue weighted by Crippen LogP contribution is 2.23. The van der Waals surface area contributed by atoms with Crippen molar-refractivity contribution in [3.05, 3.63) is 75.3 Å². The number of nitrogens with zero attached hydrogens (tertiary/aromatic N) is 2. The van der Waals surface area contributed by atoms with Gasteiger partial charge >= 0.3 is 12.3 Å². The quantitative estimate of drug-likeness (QED) is 0.293. The molecule has 0 aromatic heterocycles. The number of non-ortho nitro benzene ring substituents is 1. The van der Waals surface area contributed by atoms with E-state index >= 15 is 0 Å². The molecule has 154 valence electrons. The zero-order valence-electron chi connectivity index (χ0n) is 14.7. The Kier molecular flexibility index (Phi) is 7.37. The molecule has 7 nitrogen and oxygen atoms in total. The van der Waals surface area contributed by atoms with Gasteiger partial charge in [-0.25, -0.2) is 14.2 Å². The number of hydrazone groups is 1. The van der Waals surface area contributed by atoms with Crippen LogP contribution in [0, 0.1) is 10.1 Å². The Balaban J connectivity index is 1.93. The van der Waals surface area contributed by atoms with Crippen molar-refractivity contribution >= 4 is 17.8 Å². The summed E-state index contributed by atoms with van der Waals surface area (Å²) in [7, 11) is 0. The van der Waals surface area contributed by atoms with Crippen molar-refractivity contribution in [2.75, 3.05) is 6.61 Å². The molecule has 0 radical (unpaired) electrons. The number of halogens is 4. The first-order chi connectivity index (χ1) is 13.7. The van der Waals surface area contributed by atoms with Gasteiger partial charge in [-0.2, -0.15) is 13.9 Å². The number of nitro benzene ring substituents is 1. The SMILES string of the molecule is O=C(N/N=C\c1cccc([N+](=O)[O-])c1)c1cccc(COCC(F)(F)C(F)F)c1. The van der Waals surface area contributed by atoms with Crippen LogP contribution in [0.15, 0.2) is 53.6 Å². The number of amides is 1. The average Bonchev–Trinajstić information content (AvgIpc) is 2.68. The van der Waals surface area contributed by atoms with Gasteiger partial charge in [0.1, 0.15) is 6.61 Å². The third kappa shape index (κ3) is 6.64. The van der Waals surface area contributed by atoms with Crippen LogP contribution in [0.25, 0.3) is 0 Å². The molecule has 0 fully saturated rings. The molecule has 0 aliphatic rings. The lowest BCUT2D eigenvalue weighted by atomic mass is 10.1. The highest BCUT2D eigenvalue weighted by Gasteiger charge is 2.40. The first-order valence-corrected chi connectivity index (χ1v) is 8.09. The Hall–Kier alpha value is -3.34. The van der Waals surface area contributed by atoms with Crippen LogP contribution in [-0.2, 0) is 11.3 Å². The molecule has 2 aromatic rings. The summed E-state index contributed by atoms with van der Waals surface area (Å²) in [6.07, 6.45) is -2.62. The summed E-state index contributed by atoms with van der Waals surface area (Å²) in [5, 5.41) is 14.4. The zero-order valence-corrected chi connectivity index (χ0v) is 14.7. The maximum Gasteiger partial charge on any atom is 0.330 e. The fourth-order valence-electron chi connectivity index (χ4n) is 2.12. The molecule has 0 heterocycles. The molecule has 29 heavy (non-hydrogen) atoms. The summed E-state index contributed by atoms with van der Waals surface area (Å²) in [5.41, 5.74) is 2.93. The van der Waals surface area contributed by atoms with Crippen LogP contribution < -0.4 is 5.43 Å². The number of alkyl halides is 4. The van der Waals surface area contributed by atoms with Gasteiger partial charge < -0.3 is 4.74 Å². The van der Waals surface area contributed by atoms with Gasteiger partial charge in [0.15, 0.2) is 0 Å². The average molecular weight is 413 g/mol. The first kappa shape index (κ1) is 22.0. The lowest BCUT2D eigenvalue weighted by Crippen LogP contribution is -2.32. The molecule has 2 aromatic carbocycles. The predicted molar refractivity (Wildman–Crippen MR) is 95.2 cm³/mol. The minimum absolute atomic E-state index is 0.128. The van der Waals surface area contributed by atoms with Gasteiger partial charge in [0.25, 0.3) is 11.6 Å². The van der Waals surface area contributed by atoms with E-state index in [0.29, 0.717) is 11.1 Å². The summed E-state index contributed by atoms with van der Waals surface area (Å²) in [6, 6.07) is 11.3. The van der Waals surface area contributed by atoms with Crippen LogP contribution in [0.5, 0.6) is 0 Å². The van der Waals surface area contributed by atoms with E-state index < -0.39 is 29.8 Å². The third-order valence-corrected chi connectivity index (χ3v) is 3.53. The molecule has 2 rings (SSSR count). The smallest absolute Gasteiger partial charge is 0.330 e. The molecular weight excluding hydrogens is 398 g/mol. The summed E-state index contributed by atoms with van der Waals surface area (Å²) < 4.78 is 54.4. The standard InChI is InChI=1S/C18H15F4N3O4/c19-17(20)18(21,22)11-29-10-13-4-1-5-14(7-13)16(26)24-23-9-12-3-2-6-15(8-12)25(27)28/h1-9,17H,10-11H2,(H,24,26)/b23-9-. The van der Waals surface area contributed by atoms with E-state index in [-0.39, 0.29) is 17.9 Å². The number of nitro groups is 1. The summed E-state index contributed by atoms with van der Waals surface area (Å²) in [4.78, 5) is 22.2. The Morgan fingerprint density at radius 2 is 1.97 bits per heavy atom. The van der Waals surface area contributed by atoms with E-state index in [1.165, 1.54) is 48.7 Å². The van der Waals surface area contributed by atoms with Gasteiger partial charge in [-0.15, -0.1) is 0 Å². The molecule has 0 aliphatic heterocycles. The summed E-state index contributed by atoms with van der Waals surface area (Å²) >= 11 is 0. The largest absolute Gasteiger partial charge is 0.370 e.